The van der Waals surface area contributed by atoms with Crippen LogP contribution >= 0.6 is 11.3 Å². The average Bonchev–Trinajstić information content (AvgIpc) is 3.32. The molecule has 0 fully saturated rings. The minimum absolute atomic E-state index is 0.235. The molecule has 0 spiro atoms. The van der Waals surface area contributed by atoms with Crippen molar-refractivity contribution >= 4 is 45.0 Å². The van der Waals surface area contributed by atoms with E-state index in [0.717, 1.165) is 34.2 Å². The second kappa shape index (κ2) is 9.23. The molecule has 172 valence electrons. The summed E-state index contributed by atoms with van der Waals surface area (Å²) in [5.74, 6) is -0.504. The van der Waals surface area contributed by atoms with E-state index in [0.29, 0.717) is 11.5 Å². The van der Waals surface area contributed by atoms with Crippen LogP contribution in [0.15, 0.2) is 48.1 Å². The molecule has 1 N–H and O–H groups in total. The Morgan fingerprint density at radius 1 is 0.912 bits per heavy atom. The van der Waals surface area contributed by atoms with E-state index in [1.165, 1.54) is 50.6 Å². The summed E-state index contributed by atoms with van der Waals surface area (Å²) in [6.07, 6.45) is 6.20. The number of aromatic nitrogens is 2. The predicted octanol–water partition coefficient (Wildman–Crippen LogP) is 5.55. The molecule has 0 amide bonds. The van der Waals surface area contributed by atoms with Crippen LogP contribution in [0.25, 0.3) is 21.3 Å². The van der Waals surface area contributed by atoms with Gasteiger partial charge in [-0.05, 0) is 60.6 Å². The lowest BCUT2D eigenvalue weighted by atomic mass is 9.89. The quantitative estimate of drug-likeness (QED) is 0.380. The maximum atomic E-state index is 12.2. The zero-order chi connectivity index (χ0) is 23.7. The molecule has 8 heteroatoms. The summed E-state index contributed by atoms with van der Waals surface area (Å²) in [7, 11) is 2.59. The third-order valence-electron chi connectivity index (χ3n) is 6.07. The van der Waals surface area contributed by atoms with Crippen molar-refractivity contribution in [2.75, 3.05) is 19.5 Å². The number of thiophene rings is 1. The number of rotatable bonds is 5. The van der Waals surface area contributed by atoms with Crippen LogP contribution in [0.4, 0.5) is 11.5 Å². The van der Waals surface area contributed by atoms with E-state index < -0.39 is 11.9 Å². The summed E-state index contributed by atoms with van der Waals surface area (Å²) in [5.41, 5.74) is 6.00. The zero-order valence-corrected chi connectivity index (χ0v) is 19.7. The fraction of sp³-hybridized carbons (Fsp3) is 0.231. The Morgan fingerprint density at radius 3 is 2.32 bits per heavy atom. The van der Waals surface area contributed by atoms with Gasteiger partial charge in [-0.25, -0.2) is 19.6 Å². The topological polar surface area (TPSA) is 90.4 Å². The first-order chi connectivity index (χ1) is 16.6. The van der Waals surface area contributed by atoms with E-state index in [9.17, 15) is 9.59 Å². The summed E-state index contributed by atoms with van der Waals surface area (Å²) in [5, 5.41) is 6.28. The monoisotopic (exact) mass is 473 g/mol. The summed E-state index contributed by atoms with van der Waals surface area (Å²) in [6, 6.07) is 11.4. The van der Waals surface area contributed by atoms with Crippen LogP contribution in [0.3, 0.4) is 0 Å². The van der Waals surface area contributed by atoms with Crippen LogP contribution in [-0.4, -0.2) is 36.1 Å². The number of fused-ring (bicyclic) bond motifs is 2. The zero-order valence-electron chi connectivity index (χ0n) is 18.9. The Hall–Kier alpha value is -3.78. The molecule has 1 aliphatic rings. The number of benzene rings is 2. The van der Waals surface area contributed by atoms with Gasteiger partial charge in [-0.15, -0.1) is 11.3 Å². The van der Waals surface area contributed by atoms with Crippen molar-refractivity contribution in [3.63, 3.8) is 0 Å². The van der Waals surface area contributed by atoms with Crippen LogP contribution in [-0.2, 0) is 22.3 Å². The molecule has 0 radical (unpaired) electrons. The lowest BCUT2D eigenvalue weighted by Crippen LogP contribution is -2.08. The molecule has 0 aliphatic heterocycles. The summed E-state index contributed by atoms with van der Waals surface area (Å²) in [6.45, 7) is 0. The predicted molar refractivity (Wildman–Crippen MR) is 132 cm³/mol. The van der Waals surface area contributed by atoms with Crippen molar-refractivity contribution in [1.29, 1.82) is 0 Å². The van der Waals surface area contributed by atoms with Crippen molar-refractivity contribution in [3.8, 4) is 11.1 Å². The molecule has 0 saturated heterocycles. The molecular weight excluding hydrogens is 450 g/mol. The number of aryl methyl sites for hydroxylation is 2. The fourth-order valence-electron chi connectivity index (χ4n) is 4.39. The van der Waals surface area contributed by atoms with Gasteiger partial charge in [0.1, 0.15) is 17.0 Å². The van der Waals surface area contributed by atoms with Crippen LogP contribution in [0.2, 0.25) is 0 Å². The van der Waals surface area contributed by atoms with E-state index in [1.54, 1.807) is 23.5 Å². The number of ether oxygens (including phenoxy) is 2. The SMILES string of the molecule is COC(=O)c1cc(Nc2ncnc3scc(-c4ccc5c(c4)CCCC5)c23)cc(C(=O)OC)c1. The molecule has 1 aliphatic carbocycles. The smallest absolute Gasteiger partial charge is 0.337 e. The Balaban J connectivity index is 1.59. The second-order valence-corrected chi connectivity index (χ2v) is 9.01. The number of anilines is 2. The molecule has 5 rings (SSSR count). The van der Waals surface area contributed by atoms with Gasteiger partial charge in [0.2, 0.25) is 0 Å². The van der Waals surface area contributed by atoms with Crippen molar-refractivity contribution in [1.82, 2.24) is 9.97 Å². The van der Waals surface area contributed by atoms with E-state index in [1.807, 2.05) is 0 Å². The Labute approximate surface area is 200 Å². The van der Waals surface area contributed by atoms with Gasteiger partial charge in [0.25, 0.3) is 0 Å². The first-order valence-corrected chi connectivity index (χ1v) is 11.9. The summed E-state index contributed by atoms with van der Waals surface area (Å²) in [4.78, 5) is 34.2. The summed E-state index contributed by atoms with van der Waals surface area (Å²) >= 11 is 1.55. The van der Waals surface area contributed by atoms with Gasteiger partial charge in [0.15, 0.2) is 0 Å². The van der Waals surface area contributed by atoms with Crippen molar-refractivity contribution in [2.45, 2.75) is 25.7 Å². The number of hydrogen-bond acceptors (Lipinski definition) is 8. The number of esters is 2. The molecule has 4 aromatic rings. The van der Waals surface area contributed by atoms with E-state index in [2.05, 4.69) is 38.9 Å². The van der Waals surface area contributed by atoms with Crippen LogP contribution in [0.1, 0.15) is 44.7 Å². The first-order valence-electron chi connectivity index (χ1n) is 11.0. The van der Waals surface area contributed by atoms with Gasteiger partial charge in [0.05, 0.1) is 30.7 Å². The molecule has 7 nitrogen and oxygen atoms in total. The Morgan fingerprint density at radius 2 is 1.62 bits per heavy atom. The third kappa shape index (κ3) is 4.12. The van der Waals surface area contributed by atoms with Gasteiger partial charge in [0, 0.05) is 16.6 Å². The van der Waals surface area contributed by atoms with Gasteiger partial charge in [-0.3, -0.25) is 0 Å². The maximum Gasteiger partial charge on any atom is 0.337 e. The van der Waals surface area contributed by atoms with Crippen LogP contribution < -0.4 is 5.32 Å². The van der Waals surface area contributed by atoms with Crippen molar-refractivity contribution < 1.29 is 19.1 Å². The molecule has 2 aromatic carbocycles. The van der Waals surface area contributed by atoms with Gasteiger partial charge >= 0.3 is 11.9 Å². The highest BCUT2D eigenvalue weighted by Gasteiger charge is 2.18. The first kappa shape index (κ1) is 22.0. The molecule has 2 aromatic heterocycles. The van der Waals surface area contributed by atoms with E-state index >= 15 is 0 Å². The van der Waals surface area contributed by atoms with Crippen LogP contribution in [0, 0.1) is 0 Å². The number of hydrogen-bond donors (Lipinski definition) is 1. The average molecular weight is 474 g/mol. The molecule has 34 heavy (non-hydrogen) atoms. The number of carbonyl (C=O) groups excluding carboxylic acids is 2. The maximum absolute atomic E-state index is 12.2. The largest absolute Gasteiger partial charge is 0.465 e. The molecule has 2 heterocycles. The highest BCUT2D eigenvalue weighted by molar-refractivity contribution is 7.17. The van der Waals surface area contributed by atoms with Crippen molar-refractivity contribution in [2.24, 2.45) is 0 Å². The lowest BCUT2D eigenvalue weighted by Gasteiger charge is -2.17. The molecule has 0 saturated carbocycles. The highest BCUT2D eigenvalue weighted by Crippen LogP contribution is 2.39. The summed E-state index contributed by atoms with van der Waals surface area (Å²) < 4.78 is 9.69. The highest BCUT2D eigenvalue weighted by atomic mass is 32.1. The number of nitrogens with zero attached hydrogens (tertiary/aromatic N) is 2. The molecular formula is C26H23N3O4S. The van der Waals surface area contributed by atoms with Gasteiger partial charge in [-0.2, -0.15) is 0 Å². The third-order valence-corrected chi connectivity index (χ3v) is 6.95. The molecule has 0 unspecified atom stereocenters. The van der Waals surface area contributed by atoms with Gasteiger partial charge in [-0.1, -0.05) is 18.2 Å². The minimum atomic E-state index is -0.549. The molecule has 0 bridgehead atoms. The fourth-order valence-corrected chi connectivity index (χ4v) is 5.31. The Kier molecular flexibility index (Phi) is 5.98. The normalized spacial score (nSPS) is 12.8. The van der Waals surface area contributed by atoms with Crippen molar-refractivity contribution in [3.05, 3.63) is 70.4 Å². The molecule has 0 atom stereocenters. The lowest BCUT2D eigenvalue weighted by molar-refractivity contribution is 0.0599. The van der Waals surface area contributed by atoms with E-state index in [-0.39, 0.29) is 11.1 Å². The minimum Gasteiger partial charge on any atom is -0.465 e. The van der Waals surface area contributed by atoms with Crippen LogP contribution in [0.5, 0.6) is 0 Å². The number of methoxy groups -OCH3 is 2. The van der Waals surface area contributed by atoms with E-state index in [4.69, 9.17) is 9.47 Å². The Bertz CT molecular complexity index is 1380. The standard InChI is InChI=1S/C26H23N3O4S/c1-32-25(30)18-10-19(26(31)33-2)12-20(11-18)29-23-22-21(13-34-24(22)28-14-27-23)17-8-7-15-5-3-4-6-16(15)9-17/h7-14H,3-6H2,1-2H3,(H,27,28,29). The number of carbonyl (C=O) groups is 2. The van der Waals surface area contributed by atoms with Gasteiger partial charge < -0.3 is 14.8 Å². The number of nitrogens with one attached hydrogen (secondary N) is 1. The second-order valence-electron chi connectivity index (χ2n) is 8.15.